The van der Waals surface area contributed by atoms with Gasteiger partial charge in [-0.3, -0.25) is 9.78 Å². The van der Waals surface area contributed by atoms with E-state index in [4.69, 9.17) is 4.74 Å². The van der Waals surface area contributed by atoms with Gasteiger partial charge in [-0.05, 0) is 43.3 Å². The van der Waals surface area contributed by atoms with E-state index in [1.54, 1.807) is 55.7 Å². The molecule has 0 bridgehead atoms. The fourth-order valence-electron chi connectivity index (χ4n) is 2.62. The molecule has 2 aromatic carbocycles. The van der Waals surface area contributed by atoms with E-state index in [9.17, 15) is 9.18 Å². The summed E-state index contributed by atoms with van der Waals surface area (Å²) < 4.78 is 20.1. The third kappa shape index (κ3) is 3.57. The largest absolute Gasteiger partial charge is 0.486 e. The summed E-state index contributed by atoms with van der Waals surface area (Å²) in [5, 5.41) is 0.857. The standard InChI is InChI=1S/C21H19FN2O2/c1-3-4-13-26-19-9-5-8-18(20(19)22)24(2)21(25)16-10-11-17-15(14-16)7-6-12-23-17/h3-12,14H,13H2,1-2H3. The predicted octanol–water partition coefficient (Wildman–Crippen LogP) is 4.61. The highest BCUT2D eigenvalue weighted by Gasteiger charge is 2.19. The second-order valence-corrected chi connectivity index (χ2v) is 5.74. The van der Waals surface area contributed by atoms with Gasteiger partial charge in [-0.15, -0.1) is 0 Å². The molecule has 5 heteroatoms. The van der Waals surface area contributed by atoms with Crippen LogP contribution in [0, 0.1) is 5.82 Å². The quantitative estimate of drug-likeness (QED) is 0.631. The molecule has 0 saturated carbocycles. The summed E-state index contributed by atoms with van der Waals surface area (Å²) in [6.45, 7) is 2.13. The Morgan fingerprint density at radius 2 is 2.08 bits per heavy atom. The van der Waals surface area contributed by atoms with Crippen molar-refractivity contribution in [3.63, 3.8) is 0 Å². The van der Waals surface area contributed by atoms with Crippen LogP contribution in [0.5, 0.6) is 5.75 Å². The number of halogens is 1. The van der Waals surface area contributed by atoms with Gasteiger partial charge in [0.1, 0.15) is 6.61 Å². The number of ether oxygens (including phenoxy) is 1. The fraction of sp³-hybridized carbons (Fsp3) is 0.143. The van der Waals surface area contributed by atoms with Crippen molar-refractivity contribution < 1.29 is 13.9 Å². The molecule has 0 aliphatic rings. The van der Waals surface area contributed by atoms with Crippen molar-refractivity contribution in [2.75, 3.05) is 18.6 Å². The first-order valence-corrected chi connectivity index (χ1v) is 8.27. The number of fused-ring (bicyclic) bond motifs is 1. The molecule has 0 radical (unpaired) electrons. The van der Waals surface area contributed by atoms with E-state index in [1.165, 1.54) is 4.90 Å². The molecule has 3 rings (SSSR count). The smallest absolute Gasteiger partial charge is 0.258 e. The Hall–Kier alpha value is -3.21. The van der Waals surface area contributed by atoms with Crippen LogP contribution in [0.1, 0.15) is 17.3 Å². The molecule has 0 saturated heterocycles. The van der Waals surface area contributed by atoms with Crippen LogP contribution in [0.15, 0.2) is 66.9 Å². The molecule has 0 atom stereocenters. The lowest BCUT2D eigenvalue weighted by Gasteiger charge is -2.19. The minimum Gasteiger partial charge on any atom is -0.486 e. The number of hydrogen-bond donors (Lipinski definition) is 0. The van der Waals surface area contributed by atoms with Gasteiger partial charge in [0.05, 0.1) is 11.2 Å². The molecule has 132 valence electrons. The first-order chi connectivity index (χ1) is 12.6. The molecule has 1 aromatic heterocycles. The summed E-state index contributed by atoms with van der Waals surface area (Å²) in [5.41, 5.74) is 1.43. The van der Waals surface area contributed by atoms with Crippen molar-refractivity contribution in [2.24, 2.45) is 0 Å². The molecular weight excluding hydrogens is 331 g/mol. The fourth-order valence-corrected chi connectivity index (χ4v) is 2.62. The van der Waals surface area contributed by atoms with Crippen LogP contribution in [0.4, 0.5) is 10.1 Å². The Morgan fingerprint density at radius 1 is 1.23 bits per heavy atom. The van der Waals surface area contributed by atoms with Crippen LogP contribution < -0.4 is 9.64 Å². The number of benzene rings is 2. The summed E-state index contributed by atoms with van der Waals surface area (Å²) >= 11 is 0. The van der Waals surface area contributed by atoms with E-state index in [-0.39, 0.29) is 24.0 Å². The molecule has 1 amide bonds. The normalized spacial score (nSPS) is 11.0. The third-order valence-corrected chi connectivity index (χ3v) is 4.03. The van der Waals surface area contributed by atoms with E-state index in [2.05, 4.69) is 4.98 Å². The Morgan fingerprint density at radius 3 is 2.88 bits per heavy atom. The SMILES string of the molecule is CC=CCOc1cccc(N(C)C(=O)c2ccc3ncccc3c2)c1F. The molecule has 0 fully saturated rings. The molecule has 26 heavy (non-hydrogen) atoms. The number of carbonyl (C=O) groups is 1. The summed E-state index contributed by atoms with van der Waals surface area (Å²) in [7, 11) is 1.55. The second kappa shape index (κ2) is 7.78. The van der Waals surface area contributed by atoms with Gasteiger partial charge in [0.15, 0.2) is 11.6 Å². The van der Waals surface area contributed by atoms with E-state index >= 15 is 0 Å². The molecule has 0 aliphatic heterocycles. The van der Waals surface area contributed by atoms with Gasteiger partial charge in [0.2, 0.25) is 0 Å². The summed E-state index contributed by atoms with van der Waals surface area (Å²) in [5.74, 6) is -0.751. The van der Waals surface area contributed by atoms with E-state index in [0.717, 1.165) is 10.9 Å². The van der Waals surface area contributed by atoms with Gasteiger partial charge in [-0.1, -0.05) is 24.3 Å². The molecule has 0 spiro atoms. The van der Waals surface area contributed by atoms with Crippen LogP contribution in [-0.2, 0) is 0 Å². The zero-order valence-corrected chi connectivity index (χ0v) is 14.6. The first-order valence-electron chi connectivity index (χ1n) is 8.27. The average molecular weight is 350 g/mol. The van der Waals surface area contributed by atoms with Gasteiger partial charge < -0.3 is 9.64 Å². The topological polar surface area (TPSA) is 42.4 Å². The van der Waals surface area contributed by atoms with Crippen LogP contribution in [-0.4, -0.2) is 24.5 Å². The van der Waals surface area contributed by atoms with Crippen molar-refractivity contribution in [2.45, 2.75) is 6.92 Å². The van der Waals surface area contributed by atoms with Gasteiger partial charge in [0.25, 0.3) is 5.91 Å². The Labute approximate surface area is 151 Å². The number of rotatable bonds is 5. The van der Waals surface area contributed by atoms with Crippen LogP contribution in [0.2, 0.25) is 0 Å². The average Bonchev–Trinajstić information content (AvgIpc) is 2.68. The molecule has 4 nitrogen and oxygen atoms in total. The van der Waals surface area contributed by atoms with Crippen molar-refractivity contribution in [3.05, 3.63) is 78.3 Å². The molecule has 3 aromatic rings. The van der Waals surface area contributed by atoms with Crippen LogP contribution in [0.3, 0.4) is 0 Å². The second-order valence-electron chi connectivity index (χ2n) is 5.74. The van der Waals surface area contributed by atoms with Gasteiger partial charge >= 0.3 is 0 Å². The number of nitrogens with zero attached hydrogens (tertiary/aromatic N) is 2. The number of allylic oxidation sites excluding steroid dienone is 1. The van der Waals surface area contributed by atoms with E-state index in [1.807, 2.05) is 25.1 Å². The summed E-state index contributed by atoms with van der Waals surface area (Å²) in [6.07, 6.45) is 5.31. The minimum atomic E-state index is -0.560. The number of pyridine rings is 1. The zero-order chi connectivity index (χ0) is 18.5. The van der Waals surface area contributed by atoms with Gasteiger partial charge in [0, 0.05) is 24.2 Å². The number of anilines is 1. The highest BCUT2D eigenvalue weighted by molar-refractivity contribution is 6.07. The molecule has 0 aliphatic carbocycles. The van der Waals surface area contributed by atoms with Crippen LogP contribution in [0.25, 0.3) is 10.9 Å². The lowest BCUT2D eigenvalue weighted by atomic mass is 10.1. The van der Waals surface area contributed by atoms with Gasteiger partial charge in [-0.25, -0.2) is 4.39 Å². The molecule has 0 unspecified atom stereocenters. The Balaban J connectivity index is 1.88. The number of aromatic nitrogens is 1. The van der Waals surface area contributed by atoms with Crippen molar-refractivity contribution in [3.8, 4) is 5.75 Å². The first kappa shape index (κ1) is 17.6. The lowest BCUT2D eigenvalue weighted by Crippen LogP contribution is -2.27. The molecule has 1 heterocycles. The summed E-state index contributed by atoms with van der Waals surface area (Å²) in [4.78, 5) is 18.3. The molecule has 0 N–H and O–H groups in total. The van der Waals surface area contributed by atoms with Crippen molar-refractivity contribution in [1.82, 2.24) is 4.98 Å². The van der Waals surface area contributed by atoms with E-state index < -0.39 is 5.82 Å². The van der Waals surface area contributed by atoms with E-state index in [0.29, 0.717) is 5.56 Å². The molecular formula is C21H19FN2O2. The van der Waals surface area contributed by atoms with Crippen molar-refractivity contribution in [1.29, 1.82) is 0 Å². The third-order valence-electron chi connectivity index (χ3n) is 4.03. The number of amides is 1. The maximum atomic E-state index is 14.7. The monoisotopic (exact) mass is 350 g/mol. The maximum absolute atomic E-state index is 14.7. The van der Waals surface area contributed by atoms with Gasteiger partial charge in [-0.2, -0.15) is 0 Å². The Bertz CT molecular complexity index is 969. The highest BCUT2D eigenvalue weighted by atomic mass is 19.1. The zero-order valence-electron chi connectivity index (χ0n) is 14.6. The summed E-state index contributed by atoms with van der Waals surface area (Å²) in [6, 6.07) is 13.7. The predicted molar refractivity (Wildman–Crippen MR) is 101 cm³/mol. The van der Waals surface area contributed by atoms with Crippen molar-refractivity contribution >= 4 is 22.5 Å². The Kier molecular flexibility index (Phi) is 5.27. The number of hydrogen-bond acceptors (Lipinski definition) is 3. The lowest BCUT2D eigenvalue weighted by molar-refractivity contribution is 0.0992. The maximum Gasteiger partial charge on any atom is 0.258 e. The highest BCUT2D eigenvalue weighted by Crippen LogP contribution is 2.28. The minimum absolute atomic E-state index is 0.114. The van der Waals surface area contributed by atoms with Crippen LogP contribution >= 0.6 is 0 Å². The number of carbonyl (C=O) groups excluding carboxylic acids is 1.